The van der Waals surface area contributed by atoms with E-state index in [-0.39, 0.29) is 18.9 Å². The molecule has 0 aliphatic carbocycles. The van der Waals surface area contributed by atoms with Gasteiger partial charge in [-0.25, -0.2) is 4.79 Å². The smallest absolute Gasteiger partial charge is 0.329 e. The molecule has 2 atom stereocenters. The minimum absolute atomic E-state index is 0.178. The number of amides is 3. The molecule has 3 aromatic rings. The second-order valence-corrected chi connectivity index (χ2v) is 7.89. The van der Waals surface area contributed by atoms with Gasteiger partial charge < -0.3 is 20.4 Å². The minimum Gasteiger partial charge on any atom is -0.451 e. The second kappa shape index (κ2) is 9.15. The van der Waals surface area contributed by atoms with Crippen molar-refractivity contribution in [2.45, 2.75) is 32.4 Å². The Morgan fingerprint density at radius 1 is 1.12 bits per heavy atom. The van der Waals surface area contributed by atoms with E-state index in [1.165, 1.54) is 18.7 Å². The number of aromatic nitrogens is 1. The highest BCUT2D eigenvalue weighted by molar-refractivity contribution is 6.11. The topological polar surface area (TPSA) is 121 Å². The van der Waals surface area contributed by atoms with Crippen LogP contribution in [0.25, 0.3) is 10.9 Å². The maximum atomic E-state index is 13.1. The van der Waals surface area contributed by atoms with Crippen LogP contribution in [-0.4, -0.2) is 47.4 Å². The molecule has 3 N–H and O–H groups in total. The van der Waals surface area contributed by atoms with Gasteiger partial charge in [0.2, 0.25) is 11.8 Å². The first-order chi connectivity index (χ1) is 15.8. The molecule has 0 spiro atoms. The van der Waals surface area contributed by atoms with Crippen molar-refractivity contribution >= 4 is 46.0 Å². The zero-order valence-corrected chi connectivity index (χ0v) is 18.3. The van der Waals surface area contributed by atoms with Gasteiger partial charge in [-0.05, 0) is 30.7 Å². The number of hydrogen-bond donors (Lipinski definition) is 3. The van der Waals surface area contributed by atoms with E-state index in [0.717, 1.165) is 16.5 Å². The molecule has 0 saturated heterocycles. The van der Waals surface area contributed by atoms with Crippen LogP contribution in [-0.2, 0) is 30.3 Å². The summed E-state index contributed by atoms with van der Waals surface area (Å²) in [6.45, 7) is 2.58. The summed E-state index contributed by atoms with van der Waals surface area (Å²) in [7, 11) is 0. The van der Waals surface area contributed by atoms with Crippen molar-refractivity contribution in [2.24, 2.45) is 0 Å². The number of esters is 1. The van der Waals surface area contributed by atoms with Gasteiger partial charge in [0, 0.05) is 30.4 Å². The summed E-state index contributed by atoms with van der Waals surface area (Å²) in [5.74, 6) is -1.99. The SMILES string of the molecule is CC(=O)N[C@@H](Cc1c[nH]c2ccccc12)C(=O)O[C@H](C)C(=O)N1CC(=O)Nc2ccccc21. The van der Waals surface area contributed by atoms with Crippen LogP contribution < -0.4 is 15.5 Å². The van der Waals surface area contributed by atoms with Crippen LogP contribution in [0.1, 0.15) is 19.4 Å². The van der Waals surface area contributed by atoms with Crippen molar-refractivity contribution in [3.05, 3.63) is 60.3 Å². The van der Waals surface area contributed by atoms with Crippen LogP contribution in [0.3, 0.4) is 0 Å². The van der Waals surface area contributed by atoms with E-state index in [2.05, 4.69) is 15.6 Å². The molecule has 0 bridgehead atoms. The second-order valence-electron chi connectivity index (χ2n) is 7.89. The van der Waals surface area contributed by atoms with Gasteiger partial charge in [0.1, 0.15) is 12.6 Å². The van der Waals surface area contributed by atoms with E-state index in [1.807, 2.05) is 24.3 Å². The van der Waals surface area contributed by atoms with E-state index in [1.54, 1.807) is 30.5 Å². The lowest BCUT2D eigenvalue weighted by Gasteiger charge is -2.31. The number of hydrogen-bond acceptors (Lipinski definition) is 5. The normalized spacial score (nSPS) is 14.7. The van der Waals surface area contributed by atoms with E-state index in [0.29, 0.717) is 11.4 Å². The van der Waals surface area contributed by atoms with Crippen LogP contribution in [0.15, 0.2) is 54.7 Å². The number of nitrogens with one attached hydrogen (secondary N) is 3. The molecule has 1 aliphatic heterocycles. The Labute approximate surface area is 190 Å². The number of carbonyl (C=O) groups is 4. The lowest BCUT2D eigenvalue weighted by atomic mass is 10.0. The van der Waals surface area contributed by atoms with Gasteiger partial charge in [-0.15, -0.1) is 0 Å². The fraction of sp³-hybridized carbons (Fsp3) is 0.250. The predicted octanol–water partition coefficient (Wildman–Crippen LogP) is 2.13. The molecule has 0 radical (unpaired) electrons. The molecule has 170 valence electrons. The Morgan fingerprint density at radius 3 is 2.64 bits per heavy atom. The number of anilines is 2. The van der Waals surface area contributed by atoms with E-state index in [9.17, 15) is 19.2 Å². The lowest BCUT2D eigenvalue weighted by molar-refractivity contribution is -0.156. The molecule has 2 aromatic carbocycles. The summed E-state index contributed by atoms with van der Waals surface area (Å²) in [6, 6.07) is 13.5. The first-order valence-corrected chi connectivity index (χ1v) is 10.6. The summed E-state index contributed by atoms with van der Waals surface area (Å²) in [5, 5.41) is 6.26. The Balaban J connectivity index is 1.50. The number of carbonyl (C=O) groups excluding carboxylic acids is 4. The van der Waals surface area contributed by atoms with Crippen molar-refractivity contribution in [1.82, 2.24) is 10.3 Å². The van der Waals surface area contributed by atoms with Crippen LogP contribution in [0.2, 0.25) is 0 Å². The zero-order valence-electron chi connectivity index (χ0n) is 18.3. The summed E-state index contributed by atoms with van der Waals surface area (Å²) >= 11 is 0. The molecule has 2 heterocycles. The van der Waals surface area contributed by atoms with Gasteiger partial charge in [-0.2, -0.15) is 0 Å². The maximum Gasteiger partial charge on any atom is 0.329 e. The molecular weight excluding hydrogens is 424 g/mol. The standard InChI is InChI=1S/C24H24N4O5/c1-14(23(31)28-13-22(30)27-19-9-5-6-10-21(19)28)33-24(32)20(26-15(2)29)11-16-12-25-18-8-4-3-7-17(16)18/h3-10,12,14,20,25H,11,13H2,1-2H3,(H,26,29)(H,27,30)/t14-,20+/m1/s1. The van der Waals surface area contributed by atoms with Gasteiger partial charge in [-0.1, -0.05) is 30.3 Å². The first kappa shape index (κ1) is 22.1. The van der Waals surface area contributed by atoms with Gasteiger partial charge >= 0.3 is 5.97 Å². The highest BCUT2D eigenvalue weighted by atomic mass is 16.5. The Kier molecular flexibility index (Phi) is 6.12. The Hall–Kier alpha value is -4.14. The number of nitrogens with zero attached hydrogens (tertiary/aromatic N) is 1. The zero-order chi connectivity index (χ0) is 23.5. The molecule has 1 aliphatic rings. The van der Waals surface area contributed by atoms with Crippen LogP contribution >= 0.6 is 0 Å². The largest absolute Gasteiger partial charge is 0.451 e. The summed E-state index contributed by atoms with van der Waals surface area (Å²) in [4.78, 5) is 54.2. The molecule has 3 amide bonds. The van der Waals surface area contributed by atoms with E-state index >= 15 is 0 Å². The molecule has 9 heteroatoms. The molecule has 0 fully saturated rings. The van der Waals surface area contributed by atoms with E-state index in [4.69, 9.17) is 4.74 Å². The number of ether oxygens (including phenoxy) is 1. The van der Waals surface area contributed by atoms with Crippen LogP contribution in [0.5, 0.6) is 0 Å². The highest BCUT2D eigenvalue weighted by Gasteiger charge is 2.33. The lowest BCUT2D eigenvalue weighted by Crippen LogP contribution is -2.49. The Morgan fingerprint density at radius 2 is 1.85 bits per heavy atom. The molecule has 9 nitrogen and oxygen atoms in total. The minimum atomic E-state index is -1.16. The van der Waals surface area contributed by atoms with Crippen molar-refractivity contribution < 1.29 is 23.9 Å². The van der Waals surface area contributed by atoms with Crippen molar-refractivity contribution in [3.63, 3.8) is 0 Å². The third-order valence-corrected chi connectivity index (χ3v) is 5.44. The summed E-state index contributed by atoms with van der Waals surface area (Å²) in [6.07, 6.45) is 0.818. The third kappa shape index (κ3) is 4.72. The number of aromatic amines is 1. The molecular formula is C24H24N4O5. The number of para-hydroxylation sites is 3. The average molecular weight is 448 g/mol. The quantitative estimate of drug-likeness (QED) is 0.499. The van der Waals surface area contributed by atoms with Crippen molar-refractivity contribution in [3.8, 4) is 0 Å². The average Bonchev–Trinajstić information content (AvgIpc) is 3.20. The van der Waals surface area contributed by atoms with Gasteiger partial charge in [0.25, 0.3) is 5.91 Å². The maximum absolute atomic E-state index is 13.1. The third-order valence-electron chi connectivity index (χ3n) is 5.44. The van der Waals surface area contributed by atoms with Gasteiger partial charge in [0.05, 0.1) is 11.4 Å². The van der Waals surface area contributed by atoms with Gasteiger partial charge in [0.15, 0.2) is 6.10 Å². The van der Waals surface area contributed by atoms with Crippen LogP contribution in [0.4, 0.5) is 11.4 Å². The number of rotatable bonds is 6. The molecule has 4 rings (SSSR count). The number of H-pyrrole nitrogens is 1. The number of fused-ring (bicyclic) bond motifs is 2. The van der Waals surface area contributed by atoms with Gasteiger partial charge in [-0.3, -0.25) is 19.3 Å². The summed E-state index contributed by atoms with van der Waals surface area (Å²) in [5.41, 5.74) is 2.79. The van der Waals surface area contributed by atoms with Crippen LogP contribution in [0, 0.1) is 0 Å². The van der Waals surface area contributed by atoms with Crippen molar-refractivity contribution in [2.75, 3.05) is 16.8 Å². The molecule has 1 aromatic heterocycles. The number of benzene rings is 2. The monoisotopic (exact) mass is 448 g/mol. The molecule has 0 unspecified atom stereocenters. The summed E-state index contributed by atoms with van der Waals surface area (Å²) < 4.78 is 5.45. The van der Waals surface area contributed by atoms with Crippen molar-refractivity contribution in [1.29, 1.82) is 0 Å². The first-order valence-electron chi connectivity index (χ1n) is 10.6. The fourth-order valence-corrected chi connectivity index (χ4v) is 3.92. The predicted molar refractivity (Wildman–Crippen MR) is 123 cm³/mol. The Bertz CT molecular complexity index is 1230. The molecule has 33 heavy (non-hydrogen) atoms. The van der Waals surface area contributed by atoms with E-state index < -0.39 is 29.9 Å². The fourth-order valence-electron chi connectivity index (χ4n) is 3.92. The highest BCUT2D eigenvalue weighted by Crippen LogP contribution is 2.29. The molecule has 0 saturated carbocycles.